The van der Waals surface area contributed by atoms with Crippen molar-refractivity contribution in [3.8, 4) is 0 Å². The van der Waals surface area contributed by atoms with Crippen LogP contribution in [0.5, 0.6) is 0 Å². The molecule has 24 heavy (non-hydrogen) atoms. The van der Waals surface area contributed by atoms with Crippen LogP contribution in [0.1, 0.15) is 42.0 Å². The van der Waals surface area contributed by atoms with Gasteiger partial charge >= 0.3 is 6.03 Å². The average molecular weight is 328 g/mol. The van der Waals surface area contributed by atoms with E-state index in [0.29, 0.717) is 24.4 Å². The van der Waals surface area contributed by atoms with Crippen LogP contribution in [-0.4, -0.2) is 16.0 Å². The van der Waals surface area contributed by atoms with E-state index in [2.05, 4.69) is 27.5 Å². The molecule has 0 radical (unpaired) electrons. The van der Waals surface area contributed by atoms with Crippen molar-refractivity contribution in [2.75, 3.05) is 0 Å². The molecule has 0 spiro atoms. The molecular weight excluding hydrogens is 307 g/mol. The fraction of sp³-hybridized carbons (Fsp3) is 0.389. The number of carbonyl (C=O) groups is 1. The van der Waals surface area contributed by atoms with Gasteiger partial charge in [0.1, 0.15) is 11.6 Å². The van der Waals surface area contributed by atoms with Crippen molar-refractivity contribution in [1.82, 2.24) is 20.6 Å². The van der Waals surface area contributed by atoms with Crippen molar-refractivity contribution in [1.29, 1.82) is 0 Å². The highest BCUT2D eigenvalue weighted by atomic mass is 19.1. The summed E-state index contributed by atoms with van der Waals surface area (Å²) in [5, 5.41) is 5.78. The third kappa shape index (κ3) is 3.53. The normalized spacial score (nSPS) is 19.5. The summed E-state index contributed by atoms with van der Waals surface area (Å²) in [7, 11) is 0. The maximum atomic E-state index is 14.0. The maximum absolute atomic E-state index is 14.0. The van der Waals surface area contributed by atoms with Gasteiger partial charge in [-0.3, -0.25) is 0 Å². The predicted octanol–water partition coefficient (Wildman–Crippen LogP) is 3.05. The van der Waals surface area contributed by atoms with Crippen LogP contribution in [0.15, 0.2) is 30.5 Å². The number of benzene rings is 1. The van der Waals surface area contributed by atoms with Crippen LogP contribution < -0.4 is 10.6 Å². The first-order chi connectivity index (χ1) is 11.5. The minimum Gasteiger partial charge on any atom is -0.332 e. The molecule has 1 aliphatic carbocycles. The molecule has 1 aromatic heterocycles. The molecule has 0 aliphatic heterocycles. The van der Waals surface area contributed by atoms with Gasteiger partial charge in [-0.15, -0.1) is 0 Å². The van der Waals surface area contributed by atoms with Gasteiger partial charge in [0.25, 0.3) is 0 Å². The second kappa shape index (κ2) is 6.95. The van der Waals surface area contributed by atoms with Crippen molar-refractivity contribution in [3.05, 3.63) is 58.9 Å². The van der Waals surface area contributed by atoms with Gasteiger partial charge in [-0.1, -0.05) is 19.1 Å². The van der Waals surface area contributed by atoms with E-state index in [4.69, 9.17) is 0 Å². The number of fused-ring (bicyclic) bond motifs is 1. The van der Waals surface area contributed by atoms with Gasteiger partial charge in [-0.25, -0.2) is 19.2 Å². The molecule has 0 bridgehead atoms. The van der Waals surface area contributed by atoms with E-state index in [1.54, 1.807) is 25.3 Å². The fourth-order valence-corrected chi connectivity index (χ4v) is 3.16. The Morgan fingerprint density at radius 2 is 2.21 bits per heavy atom. The van der Waals surface area contributed by atoms with Gasteiger partial charge in [0, 0.05) is 6.20 Å². The summed E-state index contributed by atoms with van der Waals surface area (Å²) in [6.45, 7) is 4.21. The van der Waals surface area contributed by atoms with Crippen molar-refractivity contribution in [2.24, 2.45) is 5.92 Å². The number of urea groups is 1. The first-order valence-corrected chi connectivity index (χ1v) is 8.15. The van der Waals surface area contributed by atoms with E-state index in [1.807, 2.05) is 6.07 Å². The number of rotatable bonds is 3. The van der Waals surface area contributed by atoms with Gasteiger partial charge in [0.2, 0.25) is 0 Å². The van der Waals surface area contributed by atoms with Crippen LogP contribution in [-0.2, 0) is 13.0 Å². The number of halogens is 1. The Balaban J connectivity index is 1.67. The molecule has 2 aromatic rings. The zero-order valence-corrected chi connectivity index (χ0v) is 13.8. The number of nitrogens with one attached hydrogen (secondary N) is 2. The summed E-state index contributed by atoms with van der Waals surface area (Å²) in [4.78, 5) is 20.5. The van der Waals surface area contributed by atoms with Crippen molar-refractivity contribution >= 4 is 6.03 Å². The molecule has 1 heterocycles. The maximum Gasteiger partial charge on any atom is 0.315 e. The van der Waals surface area contributed by atoms with Gasteiger partial charge in [0.15, 0.2) is 0 Å². The summed E-state index contributed by atoms with van der Waals surface area (Å²) in [6, 6.07) is 6.37. The highest BCUT2D eigenvalue weighted by molar-refractivity contribution is 5.74. The third-order valence-electron chi connectivity index (χ3n) is 4.46. The quantitative estimate of drug-likeness (QED) is 0.910. The zero-order valence-electron chi connectivity index (χ0n) is 13.8. The molecule has 5 nitrogen and oxygen atoms in total. The smallest absolute Gasteiger partial charge is 0.315 e. The lowest BCUT2D eigenvalue weighted by atomic mass is 9.80. The molecule has 0 unspecified atom stereocenters. The molecule has 3 rings (SSSR count). The zero-order chi connectivity index (χ0) is 17.1. The number of amides is 2. The minimum absolute atomic E-state index is 0.184. The van der Waals surface area contributed by atoms with Crippen LogP contribution >= 0.6 is 0 Å². The Hall–Kier alpha value is -2.50. The molecule has 2 atom stereocenters. The standard InChI is InChI=1S/C18H21FN4O/c1-11-6-7-14-15(4-3-5-16(14)19)17(11)23-18(24)21-10-13-8-9-20-12(2)22-13/h3-5,8-9,11,17H,6-7,10H2,1-2H3,(H2,21,23,24)/t11-,17+/m0/s1. The SMILES string of the molecule is Cc1nccc(CNC(=O)N[C@H]2c3cccc(F)c3CC[C@@H]2C)n1. The molecule has 1 aliphatic rings. The summed E-state index contributed by atoms with van der Waals surface area (Å²) in [5.74, 6) is 0.731. The molecule has 2 amide bonds. The molecule has 126 valence electrons. The molecule has 6 heteroatoms. The van der Waals surface area contributed by atoms with E-state index in [-0.39, 0.29) is 23.8 Å². The van der Waals surface area contributed by atoms with Crippen LogP contribution in [0.3, 0.4) is 0 Å². The van der Waals surface area contributed by atoms with E-state index in [9.17, 15) is 9.18 Å². The molecular formula is C18H21FN4O. The van der Waals surface area contributed by atoms with E-state index in [1.165, 1.54) is 6.07 Å². The van der Waals surface area contributed by atoms with Gasteiger partial charge < -0.3 is 10.6 Å². The Morgan fingerprint density at radius 3 is 3.00 bits per heavy atom. The lowest BCUT2D eigenvalue weighted by Gasteiger charge is -2.32. The summed E-state index contributed by atoms with van der Waals surface area (Å²) >= 11 is 0. The number of aryl methyl sites for hydroxylation is 1. The second-order valence-corrected chi connectivity index (χ2v) is 6.22. The third-order valence-corrected chi connectivity index (χ3v) is 4.46. The second-order valence-electron chi connectivity index (χ2n) is 6.22. The van der Waals surface area contributed by atoms with Crippen LogP contribution in [0.2, 0.25) is 0 Å². The summed E-state index contributed by atoms with van der Waals surface area (Å²) < 4.78 is 14.0. The van der Waals surface area contributed by atoms with Gasteiger partial charge in [-0.05, 0) is 48.9 Å². The minimum atomic E-state index is -0.278. The van der Waals surface area contributed by atoms with E-state index < -0.39 is 0 Å². The fourth-order valence-electron chi connectivity index (χ4n) is 3.16. The topological polar surface area (TPSA) is 66.9 Å². The Labute approximate surface area is 140 Å². The van der Waals surface area contributed by atoms with Gasteiger partial charge in [-0.2, -0.15) is 0 Å². The highest BCUT2D eigenvalue weighted by Gasteiger charge is 2.29. The molecule has 0 saturated heterocycles. The Morgan fingerprint density at radius 1 is 1.38 bits per heavy atom. The highest BCUT2D eigenvalue weighted by Crippen LogP contribution is 2.35. The van der Waals surface area contributed by atoms with Crippen molar-refractivity contribution < 1.29 is 9.18 Å². The van der Waals surface area contributed by atoms with Crippen LogP contribution in [0, 0.1) is 18.7 Å². The predicted molar refractivity (Wildman–Crippen MR) is 88.8 cm³/mol. The first-order valence-electron chi connectivity index (χ1n) is 8.15. The van der Waals surface area contributed by atoms with Crippen molar-refractivity contribution in [3.63, 3.8) is 0 Å². The van der Waals surface area contributed by atoms with E-state index >= 15 is 0 Å². The van der Waals surface area contributed by atoms with Crippen molar-refractivity contribution in [2.45, 2.75) is 39.3 Å². The van der Waals surface area contributed by atoms with Crippen LogP contribution in [0.4, 0.5) is 9.18 Å². The lowest BCUT2D eigenvalue weighted by Crippen LogP contribution is -2.41. The summed E-state index contributed by atoms with van der Waals surface area (Å²) in [5.41, 5.74) is 2.34. The Bertz CT molecular complexity index is 750. The molecule has 0 saturated carbocycles. The largest absolute Gasteiger partial charge is 0.332 e. The molecule has 2 N–H and O–H groups in total. The number of aromatic nitrogens is 2. The summed E-state index contributed by atoms with van der Waals surface area (Å²) in [6.07, 6.45) is 3.23. The lowest BCUT2D eigenvalue weighted by molar-refractivity contribution is 0.229. The Kier molecular flexibility index (Phi) is 4.74. The first kappa shape index (κ1) is 16.4. The van der Waals surface area contributed by atoms with Gasteiger partial charge in [0.05, 0.1) is 18.3 Å². The number of nitrogens with zero attached hydrogens (tertiary/aromatic N) is 2. The molecule has 0 fully saturated rings. The molecule has 1 aromatic carbocycles. The van der Waals surface area contributed by atoms with Crippen LogP contribution in [0.25, 0.3) is 0 Å². The number of hydrogen-bond donors (Lipinski definition) is 2. The number of carbonyl (C=O) groups excluding carboxylic acids is 1. The monoisotopic (exact) mass is 328 g/mol. The van der Waals surface area contributed by atoms with E-state index in [0.717, 1.165) is 17.7 Å². The average Bonchev–Trinajstić information content (AvgIpc) is 2.56. The number of hydrogen-bond acceptors (Lipinski definition) is 3.